The van der Waals surface area contributed by atoms with Crippen LogP contribution < -0.4 is 20.3 Å². The lowest BCUT2D eigenvalue weighted by atomic mass is 9.93. The largest absolute Gasteiger partial charge is 0.482 e. The number of carboxylic acid groups (broad SMARTS) is 1. The summed E-state index contributed by atoms with van der Waals surface area (Å²) in [4.78, 5) is 26.0. The zero-order valence-corrected chi connectivity index (χ0v) is 20.2. The maximum Gasteiger partial charge on any atom is 0.341 e. The van der Waals surface area contributed by atoms with Gasteiger partial charge in [0.25, 0.3) is 0 Å². The number of anilines is 3. The number of carbonyl (C=O) groups is 2. The van der Waals surface area contributed by atoms with Gasteiger partial charge in [-0.25, -0.2) is 14.0 Å². The zero-order chi connectivity index (χ0) is 24.7. The number of urea groups is 1. The molecule has 7 nitrogen and oxygen atoms in total. The summed E-state index contributed by atoms with van der Waals surface area (Å²) >= 11 is 5.79. The fraction of sp³-hybridized carbons (Fsp3) is 0.440. The lowest BCUT2D eigenvalue weighted by molar-refractivity contribution is -0.139. The molecule has 1 fully saturated rings. The molecular formula is C25H31ClFN3O4. The number of nitrogens with zero attached hydrogens (tertiary/aromatic N) is 1. The summed E-state index contributed by atoms with van der Waals surface area (Å²) < 4.78 is 19.5. The van der Waals surface area contributed by atoms with Crippen LogP contribution in [0.2, 0.25) is 5.02 Å². The number of hydrogen-bond acceptors (Lipinski definition) is 4. The highest BCUT2D eigenvalue weighted by molar-refractivity contribution is 6.30. The van der Waals surface area contributed by atoms with Crippen LogP contribution in [0, 0.1) is 11.7 Å². The van der Waals surface area contributed by atoms with Gasteiger partial charge in [0, 0.05) is 23.7 Å². The molecule has 1 saturated carbocycles. The van der Waals surface area contributed by atoms with E-state index in [1.54, 1.807) is 12.1 Å². The smallest absolute Gasteiger partial charge is 0.341 e. The normalized spacial score (nSPS) is 14.0. The number of carbonyl (C=O) groups excluding carboxylic acids is 1. The second kappa shape index (κ2) is 11.9. The minimum absolute atomic E-state index is 0.00644. The third-order valence-electron chi connectivity index (χ3n) is 5.64. The Morgan fingerprint density at radius 1 is 1.12 bits per heavy atom. The van der Waals surface area contributed by atoms with Gasteiger partial charge >= 0.3 is 12.0 Å². The van der Waals surface area contributed by atoms with Gasteiger partial charge in [-0.3, -0.25) is 0 Å². The molecule has 0 atom stereocenters. The molecule has 0 aliphatic heterocycles. The highest BCUT2D eigenvalue weighted by Crippen LogP contribution is 2.36. The molecule has 2 aromatic rings. The van der Waals surface area contributed by atoms with Gasteiger partial charge in [-0.15, -0.1) is 0 Å². The van der Waals surface area contributed by atoms with E-state index in [1.165, 1.54) is 18.6 Å². The van der Waals surface area contributed by atoms with Crippen LogP contribution in [0.3, 0.4) is 0 Å². The fourth-order valence-electron chi connectivity index (χ4n) is 4.20. The van der Waals surface area contributed by atoms with E-state index >= 15 is 0 Å². The van der Waals surface area contributed by atoms with Crippen molar-refractivity contribution in [2.24, 2.45) is 5.92 Å². The van der Waals surface area contributed by atoms with E-state index in [2.05, 4.69) is 29.4 Å². The first-order valence-electron chi connectivity index (χ1n) is 11.5. The van der Waals surface area contributed by atoms with Crippen molar-refractivity contribution in [1.82, 2.24) is 0 Å². The van der Waals surface area contributed by atoms with Gasteiger partial charge in [0.15, 0.2) is 6.61 Å². The third kappa shape index (κ3) is 7.25. The summed E-state index contributed by atoms with van der Waals surface area (Å²) in [5.74, 6) is -1.05. The van der Waals surface area contributed by atoms with Crippen molar-refractivity contribution in [3.8, 4) is 5.75 Å². The molecule has 0 aromatic heterocycles. The molecule has 0 unspecified atom stereocenters. The topological polar surface area (TPSA) is 90.9 Å². The Bertz CT molecular complexity index is 1010. The van der Waals surface area contributed by atoms with Crippen LogP contribution in [0.4, 0.5) is 26.2 Å². The van der Waals surface area contributed by atoms with Gasteiger partial charge in [0.1, 0.15) is 11.6 Å². The van der Waals surface area contributed by atoms with Gasteiger partial charge in [-0.05, 0) is 49.1 Å². The molecule has 3 N–H and O–H groups in total. The van der Waals surface area contributed by atoms with Gasteiger partial charge in [0.2, 0.25) is 0 Å². The second-order valence-electron chi connectivity index (χ2n) is 8.90. The van der Waals surface area contributed by atoms with Gasteiger partial charge in [-0.2, -0.15) is 0 Å². The molecule has 184 valence electrons. The van der Waals surface area contributed by atoms with E-state index in [1.807, 2.05) is 6.07 Å². The Morgan fingerprint density at radius 2 is 1.82 bits per heavy atom. The number of nitrogens with one attached hydrogen (secondary N) is 2. The van der Waals surface area contributed by atoms with Crippen LogP contribution in [0.25, 0.3) is 0 Å². The molecule has 0 saturated heterocycles. The maximum absolute atomic E-state index is 14.2. The Labute approximate surface area is 204 Å². The van der Waals surface area contributed by atoms with E-state index in [-0.39, 0.29) is 10.7 Å². The number of hydrogen-bond donors (Lipinski definition) is 3. The van der Waals surface area contributed by atoms with Crippen LogP contribution in [0.1, 0.15) is 46.0 Å². The van der Waals surface area contributed by atoms with E-state index in [9.17, 15) is 14.0 Å². The number of rotatable bonds is 9. The Hall–Kier alpha value is -3.00. The molecule has 3 rings (SSSR count). The predicted molar refractivity (Wildman–Crippen MR) is 133 cm³/mol. The average molecular weight is 492 g/mol. The van der Waals surface area contributed by atoms with Crippen LogP contribution in [-0.4, -0.2) is 36.3 Å². The standard InChI is InChI=1S/C25H31ClFN3O4/c1-16(2)14-30(18-6-4-3-5-7-18)23-11-9-19(34-15-24(31)32)13-22(23)29-25(33)28-21-10-8-17(26)12-20(21)27/h8-13,16,18H,3-7,14-15H2,1-2H3,(H,31,32)(H2,28,29,33). The van der Waals surface area contributed by atoms with Crippen LogP contribution in [0.5, 0.6) is 5.75 Å². The first-order valence-corrected chi connectivity index (χ1v) is 11.9. The van der Waals surface area contributed by atoms with Crippen LogP contribution in [-0.2, 0) is 4.79 Å². The van der Waals surface area contributed by atoms with Gasteiger partial charge in [-0.1, -0.05) is 44.7 Å². The maximum atomic E-state index is 14.2. The van der Waals surface area contributed by atoms with E-state index < -0.39 is 24.4 Å². The summed E-state index contributed by atoms with van der Waals surface area (Å²) in [6.45, 7) is 4.58. The van der Waals surface area contributed by atoms with Crippen molar-refractivity contribution in [3.05, 3.63) is 47.2 Å². The van der Waals surface area contributed by atoms with Gasteiger partial charge < -0.3 is 25.4 Å². The summed E-state index contributed by atoms with van der Waals surface area (Å²) in [5, 5.41) is 14.5. The van der Waals surface area contributed by atoms with Crippen LogP contribution >= 0.6 is 11.6 Å². The highest BCUT2D eigenvalue weighted by atomic mass is 35.5. The molecule has 34 heavy (non-hydrogen) atoms. The van der Waals surface area contributed by atoms with Crippen molar-refractivity contribution in [2.75, 3.05) is 28.7 Å². The number of aliphatic carboxylic acids is 1. The van der Waals surface area contributed by atoms with E-state index in [4.69, 9.17) is 21.4 Å². The van der Waals surface area contributed by atoms with Crippen molar-refractivity contribution in [1.29, 1.82) is 0 Å². The minimum Gasteiger partial charge on any atom is -0.482 e. The first-order chi connectivity index (χ1) is 16.2. The van der Waals surface area contributed by atoms with E-state index in [0.717, 1.165) is 44.0 Å². The van der Waals surface area contributed by atoms with Crippen molar-refractivity contribution >= 4 is 40.7 Å². The third-order valence-corrected chi connectivity index (χ3v) is 5.88. The molecule has 9 heteroatoms. The monoisotopic (exact) mass is 491 g/mol. The average Bonchev–Trinajstić information content (AvgIpc) is 2.79. The summed E-state index contributed by atoms with van der Waals surface area (Å²) in [7, 11) is 0. The number of benzene rings is 2. The fourth-order valence-corrected chi connectivity index (χ4v) is 4.36. The molecule has 0 bridgehead atoms. The van der Waals surface area contributed by atoms with Gasteiger partial charge in [0.05, 0.1) is 17.1 Å². The minimum atomic E-state index is -1.10. The number of carboxylic acids is 1. The van der Waals surface area contributed by atoms with Crippen molar-refractivity contribution in [2.45, 2.75) is 52.0 Å². The van der Waals surface area contributed by atoms with E-state index in [0.29, 0.717) is 23.4 Å². The zero-order valence-electron chi connectivity index (χ0n) is 19.4. The summed E-state index contributed by atoms with van der Waals surface area (Å²) in [6, 6.07) is 8.84. The Balaban J connectivity index is 1.90. The predicted octanol–water partition coefficient (Wildman–Crippen LogP) is 6.38. The quantitative estimate of drug-likeness (QED) is 0.378. The first kappa shape index (κ1) is 25.6. The number of amides is 2. The van der Waals surface area contributed by atoms with Crippen molar-refractivity contribution < 1.29 is 23.8 Å². The summed E-state index contributed by atoms with van der Waals surface area (Å²) in [6.07, 6.45) is 5.64. The Kier molecular flexibility index (Phi) is 8.98. The molecule has 2 aromatic carbocycles. The molecule has 1 aliphatic carbocycles. The lowest BCUT2D eigenvalue weighted by Gasteiger charge is -2.38. The molecule has 0 heterocycles. The SMILES string of the molecule is CC(C)CN(c1ccc(OCC(=O)O)cc1NC(=O)Nc1ccc(Cl)cc1F)C1CCCCC1. The molecule has 0 radical (unpaired) electrons. The number of ether oxygens (including phenoxy) is 1. The lowest BCUT2D eigenvalue weighted by Crippen LogP contribution is -2.40. The molecule has 1 aliphatic rings. The number of halogens is 2. The molecule has 0 spiro atoms. The Morgan fingerprint density at radius 3 is 2.47 bits per heavy atom. The molecular weight excluding hydrogens is 461 g/mol. The second-order valence-corrected chi connectivity index (χ2v) is 9.34. The van der Waals surface area contributed by atoms with Crippen LogP contribution in [0.15, 0.2) is 36.4 Å². The highest BCUT2D eigenvalue weighted by Gasteiger charge is 2.25. The summed E-state index contributed by atoms with van der Waals surface area (Å²) in [5.41, 5.74) is 1.27. The molecule has 2 amide bonds. The van der Waals surface area contributed by atoms with Crippen molar-refractivity contribution in [3.63, 3.8) is 0 Å².